The Bertz CT molecular complexity index is 163. The quantitative estimate of drug-likeness (QED) is 0.448. The first-order valence-electron chi connectivity index (χ1n) is 4.05. The van der Waals surface area contributed by atoms with Crippen molar-refractivity contribution in [1.29, 1.82) is 0 Å². The van der Waals surface area contributed by atoms with Gasteiger partial charge in [0.25, 0.3) is 0 Å². The Morgan fingerprint density at radius 3 is 2.70 bits per heavy atom. The first-order chi connectivity index (χ1) is 4.74. The maximum atomic E-state index is 4.04. The molecule has 0 bridgehead atoms. The molecule has 0 heterocycles. The summed E-state index contributed by atoms with van der Waals surface area (Å²) in [6, 6.07) is 0. The minimum atomic E-state index is 0.722. The van der Waals surface area contributed by atoms with Gasteiger partial charge in [0.2, 0.25) is 0 Å². The molecule has 10 heavy (non-hydrogen) atoms. The van der Waals surface area contributed by atoms with Crippen LogP contribution in [0.15, 0.2) is 23.8 Å². The van der Waals surface area contributed by atoms with Gasteiger partial charge in [0.1, 0.15) is 0 Å². The van der Waals surface area contributed by atoms with E-state index in [-0.39, 0.29) is 0 Å². The van der Waals surface area contributed by atoms with Crippen molar-refractivity contribution >= 4 is 0 Å². The minimum absolute atomic E-state index is 0.722. The van der Waals surface area contributed by atoms with Gasteiger partial charge in [-0.05, 0) is 32.1 Å². The lowest BCUT2D eigenvalue weighted by Gasteiger charge is -2.22. The molecule has 0 aromatic rings. The second-order valence-electron chi connectivity index (χ2n) is 3.21. The van der Waals surface area contributed by atoms with E-state index >= 15 is 0 Å². The average molecular weight is 136 g/mol. The fourth-order valence-corrected chi connectivity index (χ4v) is 1.47. The average Bonchev–Trinajstić information content (AvgIpc) is 1.95. The summed E-state index contributed by atoms with van der Waals surface area (Å²) < 4.78 is 0. The zero-order valence-electron chi connectivity index (χ0n) is 6.98. The van der Waals surface area contributed by atoms with Crippen LogP contribution >= 0.6 is 0 Å². The molecular formula is C10H16. The van der Waals surface area contributed by atoms with Gasteiger partial charge in [-0.15, -0.1) is 0 Å². The van der Waals surface area contributed by atoms with E-state index in [1.54, 1.807) is 5.57 Å². The molecule has 1 fully saturated rings. The molecule has 1 saturated carbocycles. The van der Waals surface area contributed by atoms with Crippen molar-refractivity contribution in [2.75, 3.05) is 0 Å². The Balaban J connectivity index is 2.57. The summed E-state index contributed by atoms with van der Waals surface area (Å²) in [5, 5.41) is 0. The van der Waals surface area contributed by atoms with Gasteiger partial charge in [-0.25, -0.2) is 0 Å². The van der Waals surface area contributed by atoms with Crippen LogP contribution in [0.1, 0.15) is 33.1 Å². The largest absolute Gasteiger partial charge is 0.0996 e. The number of rotatable bonds is 0. The third-order valence-electron chi connectivity index (χ3n) is 2.44. The van der Waals surface area contributed by atoms with Gasteiger partial charge < -0.3 is 0 Å². The van der Waals surface area contributed by atoms with Crippen LogP contribution in [0.2, 0.25) is 0 Å². The van der Waals surface area contributed by atoms with E-state index in [4.69, 9.17) is 0 Å². The molecule has 0 aromatic heterocycles. The molecule has 56 valence electrons. The topological polar surface area (TPSA) is 0 Å². The molecular weight excluding hydrogens is 120 g/mol. The molecule has 0 nitrogen and oxygen atoms in total. The summed E-state index contributed by atoms with van der Waals surface area (Å²) in [5.74, 6) is 0.722. The van der Waals surface area contributed by atoms with E-state index in [2.05, 4.69) is 26.5 Å². The van der Waals surface area contributed by atoms with Crippen LogP contribution in [-0.2, 0) is 0 Å². The molecule has 1 atom stereocenters. The van der Waals surface area contributed by atoms with Crippen LogP contribution in [-0.4, -0.2) is 0 Å². The van der Waals surface area contributed by atoms with Crippen LogP contribution in [0.3, 0.4) is 0 Å². The van der Waals surface area contributed by atoms with E-state index in [1.807, 2.05) is 0 Å². The predicted molar refractivity (Wildman–Crippen MR) is 45.9 cm³/mol. The van der Waals surface area contributed by atoms with E-state index in [9.17, 15) is 0 Å². The predicted octanol–water partition coefficient (Wildman–Crippen LogP) is 3.31. The maximum absolute atomic E-state index is 4.04. The van der Waals surface area contributed by atoms with Crippen LogP contribution in [0, 0.1) is 5.92 Å². The van der Waals surface area contributed by atoms with Crippen molar-refractivity contribution in [2.24, 2.45) is 5.92 Å². The number of hydrogen-bond acceptors (Lipinski definition) is 0. The molecule has 0 amide bonds. The number of allylic oxidation sites excluding steroid dienone is 3. The maximum Gasteiger partial charge on any atom is -0.0197 e. The normalized spacial score (nSPS) is 31.2. The highest BCUT2D eigenvalue weighted by molar-refractivity contribution is 5.15. The van der Waals surface area contributed by atoms with Crippen LogP contribution in [0.25, 0.3) is 0 Å². The SMILES string of the molecule is C=C1CC/C(=C/C)C[C@H]1C. The van der Waals surface area contributed by atoms with Gasteiger partial charge in [-0.3, -0.25) is 0 Å². The van der Waals surface area contributed by atoms with Crippen molar-refractivity contribution in [2.45, 2.75) is 33.1 Å². The number of hydrogen-bond donors (Lipinski definition) is 0. The molecule has 0 N–H and O–H groups in total. The Morgan fingerprint density at radius 1 is 1.50 bits per heavy atom. The Hall–Kier alpha value is -0.520. The van der Waals surface area contributed by atoms with Crippen molar-refractivity contribution in [3.8, 4) is 0 Å². The molecule has 0 spiro atoms. The lowest BCUT2D eigenvalue weighted by molar-refractivity contribution is 0.575. The van der Waals surface area contributed by atoms with Crippen molar-refractivity contribution in [3.63, 3.8) is 0 Å². The van der Waals surface area contributed by atoms with Gasteiger partial charge in [0.15, 0.2) is 0 Å². The molecule has 0 aliphatic heterocycles. The first kappa shape index (κ1) is 7.59. The third-order valence-corrected chi connectivity index (χ3v) is 2.44. The van der Waals surface area contributed by atoms with E-state index in [1.165, 1.54) is 24.8 Å². The molecule has 0 saturated heterocycles. The van der Waals surface area contributed by atoms with Crippen LogP contribution < -0.4 is 0 Å². The Kier molecular flexibility index (Phi) is 2.31. The van der Waals surface area contributed by atoms with Crippen molar-refractivity contribution in [1.82, 2.24) is 0 Å². The molecule has 1 aliphatic rings. The fourth-order valence-electron chi connectivity index (χ4n) is 1.47. The highest BCUT2D eigenvalue weighted by Gasteiger charge is 2.14. The van der Waals surface area contributed by atoms with E-state index in [0.717, 1.165) is 5.92 Å². The molecule has 0 unspecified atom stereocenters. The van der Waals surface area contributed by atoms with Gasteiger partial charge >= 0.3 is 0 Å². The molecule has 1 aliphatic carbocycles. The van der Waals surface area contributed by atoms with Crippen LogP contribution in [0.4, 0.5) is 0 Å². The van der Waals surface area contributed by atoms with Gasteiger partial charge in [-0.2, -0.15) is 0 Å². The van der Waals surface area contributed by atoms with E-state index < -0.39 is 0 Å². The summed E-state index contributed by atoms with van der Waals surface area (Å²) in [7, 11) is 0. The molecule has 0 aromatic carbocycles. The fraction of sp³-hybridized carbons (Fsp3) is 0.600. The second kappa shape index (κ2) is 3.05. The highest BCUT2D eigenvalue weighted by Crippen LogP contribution is 2.30. The van der Waals surface area contributed by atoms with Gasteiger partial charge in [0.05, 0.1) is 0 Å². The molecule has 1 rings (SSSR count). The summed E-state index contributed by atoms with van der Waals surface area (Å²) in [6.45, 7) is 8.44. The van der Waals surface area contributed by atoms with Crippen molar-refractivity contribution < 1.29 is 0 Å². The summed E-state index contributed by atoms with van der Waals surface area (Å²) in [5.41, 5.74) is 3.05. The van der Waals surface area contributed by atoms with Crippen molar-refractivity contribution in [3.05, 3.63) is 23.8 Å². The van der Waals surface area contributed by atoms with Crippen LogP contribution in [0.5, 0.6) is 0 Å². The molecule has 0 radical (unpaired) electrons. The monoisotopic (exact) mass is 136 g/mol. The summed E-state index contributed by atoms with van der Waals surface area (Å²) in [4.78, 5) is 0. The van der Waals surface area contributed by atoms with E-state index in [0.29, 0.717) is 0 Å². The second-order valence-corrected chi connectivity index (χ2v) is 3.21. The first-order valence-corrected chi connectivity index (χ1v) is 4.05. The minimum Gasteiger partial charge on any atom is -0.0996 e. The lowest BCUT2D eigenvalue weighted by Crippen LogP contribution is -2.06. The third kappa shape index (κ3) is 1.50. The zero-order chi connectivity index (χ0) is 7.56. The smallest absolute Gasteiger partial charge is 0.0197 e. The Labute approximate surface area is 63.6 Å². The zero-order valence-corrected chi connectivity index (χ0v) is 6.98. The van der Waals surface area contributed by atoms with Gasteiger partial charge in [0, 0.05) is 0 Å². The molecule has 0 heteroatoms. The summed E-state index contributed by atoms with van der Waals surface area (Å²) in [6.07, 6.45) is 5.96. The lowest BCUT2D eigenvalue weighted by atomic mass is 9.83. The highest BCUT2D eigenvalue weighted by atomic mass is 14.2. The van der Waals surface area contributed by atoms with Gasteiger partial charge in [-0.1, -0.05) is 30.7 Å². The Morgan fingerprint density at radius 2 is 2.20 bits per heavy atom. The standard InChI is InChI=1S/C10H16/c1-4-10-6-5-8(2)9(3)7-10/h4,9H,2,5-7H2,1,3H3/b10-4-/t9-/m1/s1. The summed E-state index contributed by atoms with van der Waals surface area (Å²) >= 11 is 0.